The summed E-state index contributed by atoms with van der Waals surface area (Å²) in [4.78, 5) is 0. The van der Waals surface area contributed by atoms with Gasteiger partial charge in [0.05, 0.1) is 6.10 Å². The average molecular weight is 302 g/mol. The van der Waals surface area contributed by atoms with Gasteiger partial charge in [0.1, 0.15) is 0 Å². The molecule has 0 saturated heterocycles. The first-order valence-electron chi connectivity index (χ1n) is 7.67. The molecular formula is C20H18OSi. The van der Waals surface area contributed by atoms with E-state index < -0.39 is 8.32 Å². The quantitative estimate of drug-likeness (QED) is 0.658. The van der Waals surface area contributed by atoms with Gasteiger partial charge in [-0.05, 0) is 28.0 Å². The summed E-state index contributed by atoms with van der Waals surface area (Å²) in [6.07, 6.45) is 0.0503. The van der Waals surface area contributed by atoms with Gasteiger partial charge in [-0.2, -0.15) is 0 Å². The molecule has 2 atom stereocenters. The first-order chi connectivity index (χ1) is 10.8. The van der Waals surface area contributed by atoms with Crippen LogP contribution in [0.25, 0.3) is 0 Å². The Labute approximate surface area is 132 Å². The van der Waals surface area contributed by atoms with Crippen LogP contribution in [0.1, 0.15) is 17.2 Å². The zero-order chi connectivity index (χ0) is 15.0. The molecule has 22 heavy (non-hydrogen) atoms. The number of benzene rings is 3. The van der Waals surface area contributed by atoms with Gasteiger partial charge in [-0.3, -0.25) is 0 Å². The van der Waals surface area contributed by atoms with Crippen LogP contribution >= 0.6 is 0 Å². The van der Waals surface area contributed by atoms with Gasteiger partial charge in [-0.1, -0.05) is 84.9 Å². The summed E-state index contributed by atoms with van der Waals surface area (Å²) in [7, 11) is -2.13. The second-order valence-electron chi connectivity index (χ2n) is 5.90. The third kappa shape index (κ3) is 2.04. The van der Waals surface area contributed by atoms with Crippen molar-refractivity contribution in [1.82, 2.24) is 0 Å². The predicted octanol–water partition coefficient (Wildman–Crippen LogP) is 3.50. The molecule has 0 aliphatic carbocycles. The third-order valence-electron chi connectivity index (χ3n) is 4.54. The maximum atomic E-state index is 6.73. The molecule has 4 rings (SSSR count). The van der Waals surface area contributed by atoms with Crippen molar-refractivity contribution in [3.63, 3.8) is 0 Å². The van der Waals surface area contributed by atoms with E-state index in [9.17, 15) is 0 Å². The van der Waals surface area contributed by atoms with Gasteiger partial charge in [0.25, 0.3) is 8.32 Å². The Morgan fingerprint density at radius 1 is 0.727 bits per heavy atom. The van der Waals surface area contributed by atoms with Crippen molar-refractivity contribution in [2.75, 3.05) is 0 Å². The minimum Gasteiger partial charge on any atom is -0.397 e. The van der Waals surface area contributed by atoms with Crippen molar-refractivity contribution in [2.45, 2.75) is 12.7 Å². The van der Waals surface area contributed by atoms with E-state index in [2.05, 4.69) is 91.5 Å². The van der Waals surface area contributed by atoms with E-state index in [1.165, 1.54) is 21.5 Å². The Morgan fingerprint density at radius 3 is 2.05 bits per heavy atom. The Bertz CT molecular complexity index is 785. The van der Waals surface area contributed by atoms with Crippen molar-refractivity contribution >= 4 is 18.7 Å². The van der Waals surface area contributed by atoms with E-state index in [1.54, 1.807) is 0 Å². The van der Waals surface area contributed by atoms with Crippen LogP contribution in [0.3, 0.4) is 0 Å². The highest BCUT2D eigenvalue weighted by atomic mass is 28.4. The number of rotatable bonds is 2. The molecule has 0 radical (unpaired) electrons. The van der Waals surface area contributed by atoms with Gasteiger partial charge >= 0.3 is 0 Å². The molecule has 1 aliphatic rings. The van der Waals surface area contributed by atoms with Gasteiger partial charge in [0.15, 0.2) is 0 Å². The van der Waals surface area contributed by atoms with E-state index >= 15 is 0 Å². The molecule has 0 spiro atoms. The second-order valence-corrected chi connectivity index (χ2v) is 9.31. The summed E-state index contributed by atoms with van der Waals surface area (Å²) in [6.45, 7) is 2.31. The van der Waals surface area contributed by atoms with Crippen molar-refractivity contribution in [2.24, 2.45) is 0 Å². The largest absolute Gasteiger partial charge is 0.397 e. The van der Waals surface area contributed by atoms with Gasteiger partial charge in [-0.15, -0.1) is 0 Å². The van der Waals surface area contributed by atoms with Crippen molar-refractivity contribution in [3.05, 3.63) is 96.1 Å². The highest BCUT2D eigenvalue weighted by molar-refractivity contribution is 6.97. The molecule has 0 fully saturated rings. The topological polar surface area (TPSA) is 9.23 Å². The lowest BCUT2D eigenvalue weighted by Gasteiger charge is -2.24. The molecule has 1 nitrogen and oxygen atoms in total. The smallest absolute Gasteiger partial charge is 0.254 e. The Balaban J connectivity index is 1.88. The fraction of sp³-hybridized carbons (Fsp3) is 0.100. The van der Waals surface area contributed by atoms with Crippen LogP contribution in [0, 0.1) is 0 Å². The zero-order valence-electron chi connectivity index (χ0n) is 12.6. The number of hydrogen-bond donors (Lipinski definition) is 0. The highest BCUT2D eigenvalue weighted by Gasteiger charge is 2.45. The molecule has 0 amide bonds. The lowest BCUT2D eigenvalue weighted by molar-refractivity contribution is 0.262. The van der Waals surface area contributed by atoms with E-state index in [-0.39, 0.29) is 6.10 Å². The minimum atomic E-state index is -2.13. The molecule has 3 aromatic rings. The van der Waals surface area contributed by atoms with Crippen LogP contribution < -0.4 is 10.4 Å². The molecule has 108 valence electrons. The molecule has 2 unspecified atom stereocenters. The van der Waals surface area contributed by atoms with Crippen LogP contribution in [0.2, 0.25) is 6.55 Å². The Morgan fingerprint density at radius 2 is 1.32 bits per heavy atom. The molecule has 2 heteroatoms. The fourth-order valence-electron chi connectivity index (χ4n) is 3.38. The summed E-state index contributed by atoms with van der Waals surface area (Å²) in [6, 6.07) is 29.9. The standard InChI is InChI=1S/C20H18OSi/c1-22(17-12-6-3-7-13-17)19-15-9-8-14-18(19)20(21-22)16-10-4-2-5-11-16/h2-15,20H,1H3. The number of hydrogen-bond acceptors (Lipinski definition) is 1. The predicted molar refractivity (Wildman–Crippen MR) is 93.1 cm³/mol. The second kappa shape index (κ2) is 5.23. The molecule has 0 saturated carbocycles. The van der Waals surface area contributed by atoms with E-state index in [1.807, 2.05) is 0 Å². The summed E-state index contributed by atoms with van der Waals surface area (Å²) in [5.41, 5.74) is 2.56. The number of fused-ring (bicyclic) bond motifs is 1. The third-order valence-corrected chi connectivity index (χ3v) is 8.16. The first kappa shape index (κ1) is 13.5. The van der Waals surface area contributed by atoms with Crippen LogP contribution in [0.15, 0.2) is 84.9 Å². The molecule has 1 aliphatic heterocycles. The maximum absolute atomic E-state index is 6.73. The fourth-order valence-corrected chi connectivity index (χ4v) is 6.69. The van der Waals surface area contributed by atoms with Crippen LogP contribution in [-0.2, 0) is 4.43 Å². The molecule has 1 heterocycles. The van der Waals surface area contributed by atoms with Crippen molar-refractivity contribution < 1.29 is 4.43 Å². The zero-order valence-corrected chi connectivity index (χ0v) is 13.6. The minimum absolute atomic E-state index is 0.0503. The van der Waals surface area contributed by atoms with Gasteiger partial charge in [0.2, 0.25) is 0 Å². The molecule has 3 aromatic carbocycles. The lowest BCUT2D eigenvalue weighted by Crippen LogP contribution is -2.55. The van der Waals surface area contributed by atoms with Gasteiger partial charge in [0, 0.05) is 0 Å². The molecular weight excluding hydrogens is 284 g/mol. The molecule has 0 aromatic heterocycles. The van der Waals surface area contributed by atoms with Crippen LogP contribution in [-0.4, -0.2) is 8.32 Å². The maximum Gasteiger partial charge on any atom is 0.254 e. The van der Waals surface area contributed by atoms with Crippen molar-refractivity contribution in [1.29, 1.82) is 0 Å². The highest BCUT2D eigenvalue weighted by Crippen LogP contribution is 2.34. The normalized spacial score (nSPS) is 23.2. The Hall–Kier alpha value is -2.16. The van der Waals surface area contributed by atoms with Crippen LogP contribution in [0.5, 0.6) is 0 Å². The summed E-state index contributed by atoms with van der Waals surface area (Å²) in [5, 5.41) is 2.73. The Kier molecular flexibility index (Phi) is 3.21. The van der Waals surface area contributed by atoms with Gasteiger partial charge in [-0.25, -0.2) is 0 Å². The average Bonchev–Trinajstić information content (AvgIpc) is 2.91. The monoisotopic (exact) mass is 302 g/mol. The molecule has 0 N–H and O–H groups in total. The SMILES string of the molecule is C[Si]1(c2ccccc2)OC(c2ccccc2)c2ccccc21. The van der Waals surface area contributed by atoms with Crippen molar-refractivity contribution in [3.8, 4) is 0 Å². The summed E-state index contributed by atoms with van der Waals surface area (Å²) in [5.74, 6) is 0. The van der Waals surface area contributed by atoms with E-state index in [4.69, 9.17) is 4.43 Å². The van der Waals surface area contributed by atoms with Gasteiger partial charge < -0.3 is 4.43 Å². The summed E-state index contributed by atoms with van der Waals surface area (Å²) < 4.78 is 6.73. The lowest BCUT2D eigenvalue weighted by atomic mass is 10.0. The van der Waals surface area contributed by atoms with E-state index in [0.29, 0.717) is 0 Å². The van der Waals surface area contributed by atoms with Crippen LogP contribution in [0.4, 0.5) is 0 Å². The summed E-state index contributed by atoms with van der Waals surface area (Å²) >= 11 is 0. The molecule has 0 bridgehead atoms. The van der Waals surface area contributed by atoms with E-state index in [0.717, 1.165) is 0 Å². The first-order valence-corrected chi connectivity index (χ1v) is 10.1.